The monoisotopic (exact) mass is 320 g/mol. The van der Waals surface area contributed by atoms with Gasteiger partial charge < -0.3 is 9.72 Å². The van der Waals surface area contributed by atoms with E-state index in [-0.39, 0.29) is 5.82 Å². The van der Waals surface area contributed by atoms with E-state index >= 15 is 0 Å². The quantitative estimate of drug-likeness (QED) is 0.783. The fourth-order valence-electron chi connectivity index (χ4n) is 1.84. The molecule has 0 unspecified atom stereocenters. The molecule has 0 bridgehead atoms. The third-order valence-corrected chi connectivity index (χ3v) is 3.15. The van der Waals surface area contributed by atoms with Crippen LogP contribution in [0.1, 0.15) is 5.56 Å². The Labute approximate surface area is 117 Å². The van der Waals surface area contributed by atoms with Crippen molar-refractivity contribution in [2.45, 2.75) is 6.92 Å². The van der Waals surface area contributed by atoms with E-state index in [0.29, 0.717) is 21.6 Å². The molecule has 3 aromatic rings. The van der Waals surface area contributed by atoms with Gasteiger partial charge in [0.2, 0.25) is 0 Å². The maximum atomic E-state index is 13.2. The van der Waals surface area contributed by atoms with E-state index in [0.717, 1.165) is 5.69 Å². The Balaban J connectivity index is 2.04. The molecule has 2 heterocycles. The van der Waals surface area contributed by atoms with Gasteiger partial charge in [-0.2, -0.15) is 0 Å². The Bertz CT molecular complexity index is 753. The van der Waals surface area contributed by atoms with Crippen LogP contribution in [0.2, 0.25) is 0 Å². The van der Waals surface area contributed by atoms with Gasteiger partial charge in [-0.15, -0.1) is 0 Å². The Morgan fingerprint density at radius 2 is 2.21 bits per heavy atom. The Hall–Kier alpha value is -1.95. The number of nitrogens with zero attached hydrogens (tertiary/aromatic N) is 3. The van der Waals surface area contributed by atoms with Gasteiger partial charge in [-0.05, 0) is 46.6 Å². The molecule has 3 rings (SSSR count). The predicted octanol–water partition coefficient (Wildman–Crippen LogP) is 3.68. The molecule has 6 heteroatoms. The first-order valence-corrected chi connectivity index (χ1v) is 6.45. The fraction of sp³-hybridized carbons (Fsp3) is 0.0769. The van der Waals surface area contributed by atoms with E-state index in [9.17, 15) is 4.39 Å². The Morgan fingerprint density at radius 1 is 1.37 bits per heavy atom. The predicted molar refractivity (Wildman–Crippen MR) is 75.1 cm³/mol. The van der Waals surface area contributed by atoms with Gasteiger partial charge >= 0.3 is 0 Å². The number of imidazole rings is 1. The molecule has 0 saturated carbocycles. The minimum absolute atomic E-state index is 0.223. The molecule has 19 heavy (non-hydrogen) atoms. The molecule has 1 aromatic carbocycles. The number of aryl methyl sites for hydroxylation is 1. The molecule has 0 fully saturated rings. The number of nitrogens with one attached hydrogen (secondary N) is 1. The van der Waals surface area contributed by atoms with Gasteiger partial charge in [0.05, 0.1) is 0 Å². The van der Waals surface area contributed by atoms with Crippen molar-refractivity contribution in [1.82, 2.24) is 14.4 Å². The molecule has 0 amide bonds. The van der Waals surface area contributed by atoms with Gasteiger partial charge in [0.1, 0.15) is 10.4 Å². The number of rotatable bonds is 2. The summed E-state index contributed by atoms with van der Waals surface area (Å²) in [6, 6.07) is 4.83. The molecule has 0 atom stereocenters. The lowest BCUT2D eigenvalue weighted by Gasteiger charge is -2.08. The fourth-order valence-corrected chi connectivity index (χ4v) is 2.24. The lowest BCUT2D eigenvalue weighted by molar-refractivity contribution is 0.619. The molecule has 1 N–H and O–H groups in total. The molecule has 96 valence electrons. The summed E-state index contributed by atoms with van der Waals surface area (Å²) in [5.74, 6) is 0.393. The van der Waals surface area contributed by atoms with Crippen LogP contribution in [0.4, 0.5) is 15.9 Å². The van der Waals surface area contributed by atoms with E-state index < -0.39 is 0 Å². The first kappa shape index (κ1) is 12.1. The summed E-state index contributed by atoms with van der Waals surface area (Å²) in [6.45, 7) is 1.72. The van der Waals surface area contributed by atoms with Gasteiger partial charge in [0.15, 0.2) is 11.5 Å². The highest BCUT2D eigenvalue weighted by molar-refractivity contribution is 9.10. The van der Waals surface area contributed by atoms with Gasteiger partial charge in [0, 0.05) is 24.3 Å². The third-order valence-electron chi connectivity index (χ3n) is 2.77. The molecule has 0 aliphatic carbocycles. The zero-order valence-electron chi connectivity index (χ0n) is 10.1. The number of halogens is 2. The van der Waals surface area contributed by atoms with Crippen molar-refractivity contribution in [2.24, 2.45) is 0 Å². The van der Waals surface area contributed by atoms with Crippen molar-refractivity contribution in [3.63, 3.8) is 0 Å². The topological polar surface area (TPSA) is 42.2 Å². The standard InChI is InChI=1S/C13H10BrFN4/c1-8-6-9(2-3-10(8)15)17-12-13-16-4-5-19(13)7-11(14)18-12/h2-7H,1H3,(H,17,18). The molecule has 2 aromatic heterocycles. The average molecular weight is 321 g/mol. The molecular weight excluding hydrogens is 311 g/mol. The average Bonchev–Trinajstić information content (AvgIpc) is 2.82. The minimum Gasteiger partial charge on any atom is -0.337 e. The largest absolute Gasteiger partial charge is 0.337 e. The summed E-state index contributed by atoms with van der Waals surface area (Å²) in [5, 5.41) is 3.15. The van der Waals surface area contributed by atoms with Crippen molar-refractivity contribution in [2.75, 3.05) is 5.32 Å². The maximum absolute atomic E-state index is 13.2. The summed E-state index contributed by atoms with van der Waals surface area (Å²) in [7, 11) is 0. The smallest absolute Gasteiger partial charge is 0.180 e. The SMILES string of the molecule is Cc1cc(Nc2nc(Br)cn3ccnc23)ccc1F. The third kappa shape index (κ3) is 2.31. The van der Waals surface area contributed by atoms with Crippen LogP contribution in [0.3, 0.4) is 0 Å². The second-order valence-corrected chi connectivity index (χ2v) is 4.97. The van der Waals surface area contributed by atoms with Crippen LogP contribution in [0.15, 0.2) is 41.4 Å². The number of fused-ring (bicyclic) bond motifs is 1. The van der Waals surface area contributed by atoms with Gasteiger partial charge in [-0.25, -0.2) is 14.4 Å². The van der Waals surface area contributed by atoms with Crippen molar-refractivity contribution in [3.05, 3.63) is 52.8 Å². The maximum Gasteiger partial charge on any atom is 0.180 e. The van der Waals surface area contributed by atoms with Crippen molar-refractivity contribution >= 4 is 33.1 Å². The van der Waals surface area contributed by atoms with E-state index in [2.05, 4.69) is 31.2 Å². The first-order chi connectivity index (χ1) is 9.13. The number of hydrogen-bond acceptors (Lipinski definition) is 3. The zero-order chi connectivity index (χ0) is 13.4. The number of hydrogen-bond donors (Lipinski definition) is 1. The van der Waals surface area contributed by atoms with E-state index in [1.54, 1.807) is 25.3 Å². The van der Waals surface area contributed by atoms with E-state index in [4.69, 9.17) is 0 Å². The molecule has 0 saturated heterocycles. The first-order valence-electron chi connectivity index (χ1n) is 5.66. The van der Waals surface area contributed by atoms with E-state index in [1.165, 1.54) is 6.07 Å². The lowest BCUT2D eigenvalue weighted by atomic mass is 10.2. The highest BCUT2D eigenvalue weighted by atomic mass is 79.9. The lowest BCUT2D eigenvalue weighted by Crippen LogP contribution is -1.99. The number of aromatic nitrogens is 3. The molecule has 0 aliphatic heterocycles. The summed E-state index contributed by atoms with van der Waals surface area (Å²) in [4.78, 5) is 8.59. The van der Waals surface area contributed by atoms with Gasteiger partial charge in [-0.3, -0.25) is 0 Å². The molecule has 0 radical (unpaired) electrons. The molecule has 0 aliphatic rings. The number of benzene rings is 1. The van der Waals surface area contributed by atoms with Crippen LogP contribution < -0.4 is 5.32 Å². The summed E-state index contributed by atoms with van der Waals surface area (Å²) in [6.07, 6.45) is 5.36. The molecular formula is C13H10BrFN4. The van der Waals surface area contributed by atoms with Crippen LogP contribution in [0.25, 0.3) is 5.65 Å². The van der Waals surface area contributed by atoms with Crippen LogP contribution in [0.5, 0.6) is 0 Å². The van der Waals surface area contributed by atoms with Crippen LogP contribution in [0, 0.1) is 12.7 Å². The Morgan fingerprint density at radius 3 is 3.00 bits per heavy atom. The Kier molecular flexibility index (Phi) is 2.94. The summed E-state index contributed by atoms with van der Waals surface area (Å²) < 4.78 is 15.8. The second-order valence-electron chi connectivity index (χ2n) is 4.16. The van der Waals surface area contributed by atoms with Crippen LogP contribution >= 0.6 is 15.9 Å². The summed E-state index contributed by atoms with van der Waals surface area (Å²) in [5.41, 5.74) is 2.07. The second kappa shape index (κ2) is 4.62. The zero-order valence-corrected chi connectivity index (χ0v) is 11.6. The normalized spacial score (nSPS) is 10.9. The van der Waals surface area contributed by atoms with Gasteiger partial charge in [-0.1, -0.05) is 0 Å². The number of anilines is 2. The molecule has 0 spiro atoms. The van der Waals surface area contributed by atoms with Crippen molar-refractivity contribution in [1.29, 1.82) is 0 Å². The molecule has 4 nitrogen and oxygen atoms in total. The highest BCUT2D eigenvalue weighted by Gasteiger charge is 2.07. The highest BCUT2D eigenvalue weighted by Crippen LogP contribution is 2.22. The van der Waals surface area contributed by atoms with Crippen LogP contribution in [-0.4, -0.2) is 14.4 Å². The van der Waals surface area contributed by atoms with Crippen molar-refractivity contribution in [3.8, 4) is 0 Å². The van der Waals surface area contributed by atoms with E-state index in [1.807, 2.05) is 16.8 Å². The minimum atomic E-state index is -0.223. The van der Waals surface area contributed by atoms with Crippen molar-refractivity contribution < 1.29 is 4.39 Å². The summed E-state index contributed by atoms with van der Waals surface area (Å²) >= 11 is 3.35. The van der Waals surface area contributed by atoms with Gasteiger partial charge in [0.25, 0.3) is 0 Å². The van der Waals surface area contributed by atoms with Crippen LogP contribution in [-0.2, 0) is 0 Å².